The van der Waals surface area contributed by atoms with Gasteiger partial charge in [0, 0.05) is 5.69 Å². The van der Waals surface area contributed by atoms with Gasteiger partial charge >= 0.3 is 5.97 Å². The van der Waals surface area contributed by atoms with E-state index in [1.165, 1.54) is 17.0 Å². The van der Waals surface area contributed by atoms with Crippen molar-refractivity contribution in [3.8, 4) is 0 Å². The number of anilines is 1. The summed E-state index contributed by atoms with van der Waals surface area (Å²) in [6, 6.07) is 6.17. The van der Waals surface area contributed by atoms with E-state index in [4.69, 9.17) is 9.84 Å². The van der Waals surface area contributed by atoms with Gasteiger partial charge in [0.05, 0.1) is 36.3 Å². The van der Waals surface area contributed by atoms with Gasteiger partial charge in [0.2, 0.25) is 11.8 Å². The van der Waals surface area contributed by atoms with Crippen LogP contribution in [0, 0.1) is 11.8 Å². The number of rotatable bonds is 4. The zero-order valence-corrected chi connectivity index (χ0v) is 12.3. The molecule has 23 heavy (non-hydrogen) atoms. The van der Waals surface area contributed by atoms with Crippen molar-refractivity contribution in [3.05, 3.63) is 29.8 Å². The van der Waals surface area contributed by atoms with Gasteiger partial charge in [-0.2, -0.15) is 0 Å². The van der Waals surface area contributed by atoms with Crippen LogP contribution in [0.15, 0.2) is 24.3 Å². The normalized spacial score (nSPS) is 31.6. The van der Waals surface area contributed by atoms with Gasteiger partial charge in [0.25, 0.3) is 0 Å². The largest absolute Gasteiger partial charge is 0.478 e. The van der Waals surface area contributed by atoms with E-state index in [1.807, 2.05) is 0 Å². The number of ether oxygens (including phenoxy) is 1. The summed E-state index contributed by atoms with van der Waals surface area (Å²) in [6.07, 6.45) is 1.48. The molecular formula is C16H16N2O5. The number of hydrogen-bond donors (Lipinski definition) is 2. The minimum absolute atomic E-state index is 0.0938. The van der Waals surface area contributed by atoms with Gasteiger partial charge in [-0.05, 0) is 37.1 Å². The van der Waals surface area contributed by atoms with Gasteiger partial charge in [-0.15, -0.1) is 0 Å². The van der Waals surface area contributed by atoms with Gasteiger partial charge in [-0.1, -0.05) is 0 Å². The lowest BCUT2D eigenvalue weighted by Gasteiger charge is -2.18. The van der Waals surface area contributed by atoms with Crippen LogP contribution in [0.2, 0.25) is 0 Å². The summed E-state index contributed by atoms with van der Waals surface area (Å²) < 4.78 is 5.68. The molecule has 4 rings (SSSR count). The number of likely N-dealkylation sites (tertiary alicyclic amines) is 1. The Morgan fingerprint density at radius 3 is 2.22 bits per heavy atom. The third-order valence-electron chi connectivity index (χ3n) is 4.95. The van der Waals surface area contributed by atoms with E-state index in [0.29, 0.717) is 5.69 Å². The summed E-state index contributed by atoms with van der Waals surface area (Å²) in [5.74, 6) is -1.97. The molecule has 1 aromatic carbocycles. The maximum atomic E-state index is 12.5. The number of fused-ring (bicyclic) bond motifs is 5. The van der Waals surface area contributed by atoms with E-state index >= 15 is 0 Å². The van der Waals surface area contributed by atoms with Crippen molar-refractivity contribution in [2.75, 3.05) is 12.0 Å². The van der Waals surface area contributed by atoms with Crippen molar-refractivity contribution in [2.24, 2.45) is 11.8 Å². The van der Waals surface area contributed by atoms with Crippen molar-refractivity contribution in [2.45, 2.75) is 25.0 Å². The summed E-state index contributed by atoms with van der Waals surface area (Å²) in [6.45, 7) is 0.0938. The highest BCUT2D eigenvalue weighted by Crippen LogP contribution is 2.48. The summed E-state index contributed by atoms with van der Waals surface area (Å²) in [5.41, 5.74) is 0.846. The molecule has 0 aromatic heterocycles. The Morgan fingerprint density at radius 2 is 1.70 bits per heavy atom. The molecule has 3 saturated heterocycles. The average molecular weight is 316 g/mol. The van der Waals surface area contributed by atoms with Crippen LogP contribution >= 0.6 is 0 Å². The average Bonchev–Trinajstić information content (AvgIpc) is 3.21. The van der Waals surface area contributed by atoms with Crippen LogP contribution in [0.1, 0.15) is 23.2 Å². The van der Waals surface area contributed by atoms with E-state index < -0.39 is 5.97 Å². The fourth-order valence-corrected chi connectivity index (χ4v) is 3.83. The first-order valence-corrected chi connectivity index (χ1v) is 7.64. The van der Waals surface area contributed by atoms with Gasteiger partial charge in [0.1, 0.15) is 0 Å². The van der Waals surface area contributed by atoms with Gasteiger partial charge < -0.3 is 15.2 Å². The molecule has 0 saturated carbocycles. The quantitative estimate of drug-likeness (QED) is 0.802. The minimum atomic E-state index is -0.996. The van der Waals surface area contributed by atoms with Crippen molar-refractivity contribution in [1.29, 1.82) is 0 Å². The van der Waals surface area contributed by atoms with Crippen LogP contribution in [0.25, 0.3) is 0 Å². The smallest absolute Gasteiger partial charge is 0.335 e. The van der Waals surface area contributed by atoms with Crippen molar-refractivity contribution in [1.82, 2.24) is 4.90 Å². The lowest BCUT2D eigenvalue weighted by molar-refractivity contribution is -0.142. The second-order valence-corrected chi connectivity index (χ2v) is 6.16. The second kappa shape index (κ2) is 5.06. The molecule has 7 nitrogen and oxygen atoms in total. The number of hydrogen-bond acceptors (Lipinski definition) is 5. The molecule has 0 spiro atoms. The topological polar surface area (TPSA) is 95.9 Å². The number of nitrogens with one attached hydrogen (secondary N) is 1. The molecule has 3 aliphatic heterocycles. The number of carboxylic acids is 1. The van der Waals surface area contributed by atoms with Gasteiger partial charge in [0.15, 0.2) is 0 Å². The molecule has 3 fully saturated rings. The highest BCUT2D eigenvalue weighted by Gasteiger charge is 2.62. The SMILES string of the molecule is O=C(O)c1ccc(NCN2C(=O)C3C4CCC(O4)[C@H]3C2=O)cc1. The summed E-state index contributed by atoms with van der Waals surface area (Å²) in [5, 5.41) is 11.9. The molecular weight excluding hydrogens is 300 g/mol. The monoisotopic (exact) mass is 316 g/mol. The Bertz CT molecular complexity index is 658. The van der Waals surface area contributed by atoms with E-state index in [1.54, 1.807) is 12.1 Å². The number of aromatic carboxylic acids is 1. The molecule has 2 N–H and O–H groups in total. The first-order valence-electron chi connectivity index (χ1n) is 7.64. The maximum Gasteiger partial charge on any atom is 0.335 e. The van der Waals surface area contributed by atoms with Crippen LogP contribution in [0.5, 0.6) is 0 Å². The van der Waals surface area contributed by atoms with E-state index in [0.717, 1.165) is 12.8 Å². The lowest BCUT2D eigenvalue weighted by Crippen LogP contribution is -2.38. The van der Waals surface area contributed by atoms with E-state index in [-0.39, 0.29) is 48.1 Å². The number of amides is 2. The zero-order valence-electron chi connectivity index (χ0n) is 12.3. The molecule has 7 heteroatoms. The van der Waals surface area contributed by atoms with Crippen LogP contribution < -0.4 is 5.32 Å². The number of carboxylic acid groups (broad SMARTS) is 1. The molecule has 2 bridgehead atoms. The number of benzene rings is 1. The first-order chi connectivity index (χ1) is 11.1. The minimum Gasteiger partial charge on any atom is -0.478 e. The predicted molar refractivity (Wildman–Crippen MR) is 78.6 cm³/mol. The van der Waals surface area contributed by atoms with Gasteiger partial charge in [-0.25, -0.2) is 4.79 Å². The fraction of sp³-hybridized carbons (Fsp3) is 0.438. The standard InChI is InChI=1S/C16H16N2O5/c19-14-12-10-5-6-11(23-10)13(12)15(20)18(14)7-17-9-3-1-8(2-4-9)16(21)22/h1-4,10-13,17H,5-7H2,(H,21,22)/t10?,11?,12-,13?/m1/s1. The summed E-state index contributed by atoms with van der Waals surface area (Å²) in [7, 11) is 0. The fourth-order valence-electron chi connectivity index (χ4n) is 3.83. The van der Waals surface area contributed by atoms with E-state index in [2.05, 4.69) is 5.32 Å². The molecule has 0 radical (unpaired) electrons. The van der Waals surface area contributed by atoms with E-state index in [9.17, 15) is 14.4 Å². The first kappa shape index (κ1) is 14.2. The molecule has 120 valence electrons. The number of carbonyl (C=O) groups is 3. The third kappa shape index (κ3) is 2.11. The number of nitrogens with zero attached hydrogens (tertiary/aromatic N) is 1. The Kier molecular flexibility index (Phi) is 3.12. The van der Waals surface area contributed by atoms with Crippen LogP contribution in [0.4, 0.5) is 5.69 Å². The molecule has 2 amide bonds. The Hall–Kier alpha value is -2.41. The molecule has 1 aromatic rings. The Labute approximate surface area is 132 Å². The lowest BCUT2D eigenvalue weighted by atomic mass is 9.81. The summed E-state index contributed by atoms with van der Waals surface area (Å²) in [4.78, 5) is 37.0. The third-order valence-corrected chi connectivity index (χ3v) is 4.95. The maximum absolute atomic E-state index is 12.5. The molecule has 4 atom stereocenters. The highest BCUT2D eigenvalue weighted by molar-refractivity contribution is 6.06. The molecule has 0 aliphatic carbocycles. The second-order valence-electron chi connectivity index (χ2n) is 6.16. The zero-order chi connectivity index (χ0) is 16.1. The Balaban J connectivity index is 1.44. The molecule has 3 heterocycles. The van der Waals surface area contributed by atoms with Crippen LogP contribution in [-0.2, 0) is 14.3 Å². The Morgan fingerprint density at radius 1 is 1.13 bits per heavy atom. The van der Waals surface area contributed by atoms with Crippen LogP contribution in [-0.4, -0.2) is 46.7 Å². The van der Waals surface area contributed by atoms with Gasteiger partial charge in [-0.3, -0.25) is 14.5 Å². The van der Waals surface area contributed by atoms with Crippen molar-refractivity contribution in [3.63, 3.8) is 0 Å². The molecule has 3 unspecified atom stereocenters. The number of carbonyl (C=O) groups excluding carboxylic acids is 2. The van der Waals surface area contributed by atoms with Crippen molar-refractivity contribution < 1.29 is 24.2 Å². The predicted octanol–water partition coefficient (Wildman–Crippen LogP) is 0.917. The highest BCUT2D eigenvalue weighted by atomic mass is 16.5. The summed E-state index contributed by atoms with van der Waals surface area (Å²) >= 11 is 0. The molecule has 3 aliphatic rings. The van der Waals surface area contributed by atoms with Crippen molar-refractivity contribution >= 4 is 23.5 Å². The van der Waals surface area contributed by atoms with Crippen LogP contribution in [0.3, 0.4) is 0 Å². The number of imide groups is 1.